The Hall–Kier alpha value is 0.774. The van der Waals surface area contributed by atoms with Crippen molar-refractivity contribution in [3.63, 3.8) is 0 Å². The van der Waals surface area contributed by atoms with Crippen molar-refractivity contribution in [2.45, 2.75) is 77.4 Å². The Balaban J connectivity index is 0. The number of hydrogen-bond donors (Lipinski definition) is 0. The van der Waals surface area contributed by atoms with Crippen LogP contribution in [0.5, 0.6) is 0 Å². The molecule has 0 fully saturated rings. The summed E-state index contributed by atoms with van der Waals surface area (Å²) in [4.78, 5) is 0. The summed E-state index contributed by atoms with van der Waals surface area (Å²) in [5, 5.41) is 9.40. The molecule has 86 valence electrons. The van der Waals surface area contributed by atoms with Crippen molar-refractivity contribution in [1.29, 1.82) is 0 Å². The molecule has 0 spiro atoms. The first-order valence-electron chi connectivity index (χ1n) is 5.50. The van der Waals surface area contributed by atoms with Gasteiger partial charge in [-0.05, 0) is 8.24 Å². The predicted octanol–water partition coefficient (Wildman–Crippen LogP) is 2.39. The van der Waals surface area contributed by atoms with E-state index in [-0.39, 0.29) is 34.0 Å². The predicted molar refractivity (Wildman–Crippen MR) is 69.2 cm³/mol. The molecule has 0 aliphatic heterocycles. The molecule has 0 saturated carbocycles. The molecule has 0 radical (unpaired) electrons. The molecule has 0 aromatic rings. The number of rotatable bonds is 0. The Morgan fingerprint density at radius 1 is 0.600 bits per heavy atom. The van der Waals surface area contributed by atoms with E-state index in [0.29, 0.717) is 0 Å². The summed E-state index contributed by atoms with van der Waals surface area (Å²) < 4.78 is 0. The molecular weight excluding hydrogens is 193 g/mol. The fraction of sp³-hybridized carbons (Fsp3) is 1.00. The van der Waals surface area contributed by atoms with Crippen molar-refractivity contribution >= 4 is 8.24 Å². The van der Waals surface area contributed by atoms with Crippen LogP contribution in [-0.4, -0.2) is 8.24 Å². The fourth-order valence-electron chi connectivity index (χ4n) is 3.38. The Morgan fingerprint density at radius 3 is 0.733 bits per heavy atom. The molecule has 1 nitrogen and oxygen atoms in total. The molecule has 15 heavy (non-hydrogen) atoms. The van der Waals surface area contributed by atoms with Gasteiger partial charge in [0, 0.05) is 0 Å². The molecule has 0 saturated heterocycles. The van der Waals surface area contributed by atoms with Crippen molar-refractivity contribution in [2.75, 3.05) is 0 Å². The van der Waals surface area contributed by atoms with Crippen LogP contribution >= 0.6 is 0 Å². The minimum absolute atomic E-state index is 0. The van der Waals surface area contributed by atoms with Crippen LogP contribution in [0.3, 0.4) is 0 Å². The van der Waals surface area contributed by atoms with E-state index in [1.807, 2.05) is 0 Å². The van der Waals surface area contributed by atoms with E-state index in [1.54, 1.807) is 0 Å². The smallest absolute Gasteiger partial charge is 0.678 e. The second-order valence-electron chi connectivity index (χ2n) is 7.50. The zero-order valence-corrected chi connectivity index (χ0v) is 13.5. The largest absolute Gasteiger partial charge is 1.00 e. The van der Waals surface area contributed by atoms with Gasteiger partial charge in [-0.15, -0.1) is 0 Å². The summed E-state index contributed by atoms with van der Waals surface area (Å²) in [6.07, 6.45) is 0. The fourth-order valence-corrected chi connectivity index (χ4v) is 10.1. The van der Waals surface area contributed by atoms with E-state index in [9.17, 15) is 0 Å². The van der Waals surface area contributed by atoms with Crippen LogP contribution in [0.2, 0.25) is 15.1 Å². The van der Waals surface area contributed by atoms with Crippen LogP contribution in [0.4, 0.5) is 0 Å². The summed E-state index contributed by atoms with van der Waals surface area (Å²) in [5.41, 5.74) is 0. The third kappa shape index (κ3) is 3.13. The molecule has 0 heterocycles. The second kappa shape index (κ2) is 4.57. The maximum absolute atomic E-state index is 9.01. The first-order valence-corrected chi connectivity index (χ1v) is 7.50. The van der Waals surface area contributed by atoms with Crippen molar-refractivity contribution in [1.82, 2.24) is 0 Å². The Morgan fingerprint density at radius 2 is 0.733 bits per heavy atom. The number of nitrogens with one attached hydrogen (secondary N) is 1. The van der Waals surface area contributed by atoms with Crippen LogP contribution in [0.15, 0.2) is 0 Å². The normalized spacial score (nSPS) is 14.8. The molecule has 0 aromatic carbocycles. The van der Waals surface area contributed by atoms with Crippen LogP contribution in [-0.2, 0) is 0 Å². The van der Waals surface area contributed by atoms with E-state index in [1.165, 1.54) is 0 Å². The van der Waals surface area contributed by atoms with Gasteiger partial charge in [-0.2, -0.15) is 0 Å². The van der Waals surface area contributed by atoms with Gasteiger partial charge in [0.1, 0.15) is 0 Å². The van der Waals surface area contributed by atoms with Gasteiger partial charge in [-0.1, -0.05) is 77.4 Å². The Kier molecular flexibility index (Phi) is 5.53. The third-order valence-corrected chi connectivity index (χ3v) is 10.1. The van der Waals surface area contributed by atoms with Crippen LogP contribution in [0.1, 0.15) is 62.3 Å². The van der Waals surface area contributed by atoms with Gasteiger partial charge in [0.05, 0.1) is 0 Å². The molecule has 0 amide bonds. The maximum atomic E-state index is 9.01. The number of hydrogen-bond acceptors (Lipinski definition) is 0. The molecule has 0 unspecified atom stereocenters. The molecule has 1 N–H and O–H groups in total. The van der Waals surface area contributed by atoms with Crippen LogP contribution < -0.4 is 18.9 Å². The van der Waals surface area contributed by atoms with Gasteiger partial charge in [-0.25, -0.2) is 0 Å². The molecule has 3 heteroatoms. The molecule has 0 aliphatic rings. The van der Waals surface area contributed by atoms with Crippen LogP contribution in [0.25, 0.3) is 5.40 Å². The quantitative estimate of drug-likeness (QED) is 0.561. The molecule has 0 aromatic heterocycles. The average molecular weight is 221 g/mol. The summed E-state index contributed by atoms with van der Waals surface area (Å²) in [6, 6.07) is 0. The monoisotopic (exact) mass is 221 g/mol. The van der Waals surface area contributed by atoms with E-state index in [0.717, 1.165) is 0 Å². The minimum atomic E-state index is -2.10. The Bertz CT molecular complexity index is 169. The van der Waals surface area contributed by atoms with Gasteiger partial charge in [0.25, 0.3) is 0 Å². The van der Waals surface area contributed by atoms with Crippen molar-refractivity contribution < 1.29 is 18.9 Å². The maximum Gasteiger partial charge on any atom is 1.00 e. The molecule has 0 rings (SSSR count). The van der Waals surface area contributed by atoms with E-state index in [4.69, 9.17) is 5.40 Å². The van der Waals surface area contributed by atoms with Crippen LogP contribution in [0, 0.1) is 0 Å². The average Bonchev–Trinajstić information content (AvgIpc) is 1.77. The molecule has 0 atom stereocenters. The molecule has 0 aliphatic carbocycles. The third-order valence-electron chi connectivity index (χ3n) is 3.38. The standard InChI is InChI=1S/C12H28NSi.Li/c1-10(2,3)14(13,11(4,5)6)12(7,8)9;/h13H,1-9H3;/q-1;+1. The summed E-state index contributed by atoms with van der Waals surface area (Å²) in [6.45, 7) is 20.1. The van der Waals surface area contributed by atoms with Crippen molar-refractivity contribution in [2.24, 2.45) is 0 Å². The second-order valence-corrected chi connectivity index (χ2v) is 13.5. The summed E-state index contributed by atoms with van der Waals surface area (Å²) in [5.74, 6) is 0. The van der Waals surface area contributed by atoms with E-state index < -0.39 is 8.24 Å². The first-order chi connectivity index (χ1) is 5.75. The van der Waals surface area contributed by atoms with Gasteiger partial charge in [0.2, 0.25) is 0 Å². The van der Waals surface area contributed by atoms with E-state index >= 15 is 0 Å². The minimum Gasteiger partial charge on any atom is -0.678 e. The summed E-state index contributed by atoms with van der Waals surface area (Å²) in [7, 11) is -2.10. The first kappa shape index (κ1) is 18.1. The van der Waals surface area contributed by atoms with E-state index in [2.05, 4.69) is 62.3 Å². The van der Waals surface area contributed by atoms with Gasteiger partial charge in [-0.3, -0.25) is 0 Å². The SMILES string of the molecule is CC(C)(C)[Si]([NH-])(C(C)(C)C)C(C)(C)C.[Li+]. The van der Waals surface area contributed by atoms with Crippen molar-refractivity contribution in [3.05, 3.63) is 5.40 Å². The Labute approximate surface area is 110 Å². The van der Waals surface area contributed by atoms with Gasteiger partial charge >= 0.3 is 18.9 Å². The van der Waals surface area contributed by atoms with Gasteiger partial charge in [0.15, 0.2) is 0 Å². The van der Waals surface area contributed by atoms with Crippen molar-refractivity contribution in [3.8, 4) is 0 Å². The zero-order valence-electron chi connectivity index (χ0n) is 12.5. The van der Waals surface area contributed by atoms with Gasteiger partial charge < -0.3 is 5.40 Å². The zero-order chi connectivity index (χ0) is 12.0. The molecule has 0 bridgehead atoms. The topological polar surface area (TPSA) is 23.8 Å². The summed E-state index contributed by atoms with van der Waals surface area (Å²) >= 11 is 0. The molecular formula is C12H28LiNSi.